The predicted molar refractivity (Wildman–Crippen MR) is 52.7 cm³/mol. The summed E-state index contributed by atoms with van der Waals surface area (Å²) in [5, 5.41) is 2.45. The Morgan fingerprint density at radius 2 is 2.07 bits per heavy atom. The van der Waals surface area contributed by atoms with Crippen LogP contribution >= 0.6 is 0 Å². The van der Waals surface area contributed by atoms with Gasteiger partial charge in [-0.1, -0.05) is 6.42 Å². The van der Waals surface area contributed by atoms with Gasteiger partial charge in [0.25, 0.3) is 0 Å². The molecule has 1 heterocycles. The molecule has 2 rings (SSSR count). The Kier molecular flexibility index (Phi) is 3.06. The lowest BCUT2D eigenvalue weighted by atomic mass is 9.78. The van der Waals surface area contributed by atoms with Crippen LogP contribution in [0.25, 0.3) is 0 Å². The second-order valence-electron chi connectivity index (χ2n) is 4.57. The normalized spacial score (nSPS) is 37.4. The lowest BCUT2D eigenvalue weighted by Gasteiger charge is -2.38. The van der Waals surface area contributed by atoms with Crippen LogP contribution in [0.4, 0.5) is 0 Å². The number of ether oxygens (including phenoxy) is 1. The molecule has 0 amide bonds. The smallest absolute Gasteiger partial charge is 0.302 e. The third kappa shape index (κ3) is 2.08. The van der Waals surface area contributed by atoms with E-state index in [2.05, 4.69) is 5.32 Å². The molecule has 1 aliphatic carbocycles. The van der Waals surface area contributed by atoms with Gasteiger partial charge >= 0.3 is 5.97 Å². The number of fused-ring (bicyclic) bond motifs is 1. The fraction of sp³-hybridized carbons (Fsp3) is 0.909. The van der Waals surface area contributed by atoms with Crippen LogP contribution in [0.1, 0.15) is 39.0 Å². The second-order valence-corrected chi connectivity index (χ2v) is 4.57. The van der Waals surface area contributed by atoms with Gasteiger partial charge in [0.05, 0.1) is 12.6 Å². The number of hydrogen-bond acceptors (Lipinski definition) is 2. The summed E-state index contributed by atoms with van der Waals surface area (Å²) in [6.45, 7) is 2.65. The van der Waals surface area contributed by atoms with Gasteiger partial charge in [-0.3, -0.25) is 4.79 Å². The first-order valence-electron chi connectivity index (χ1n) is 5.78. The maximum absolute atomic E-state index is 11.0. The molecule has 80 valence electrons. The van der Waals surface area contributed by atoms with Crippen LogP contribution in [-0.4, -0.2) is 24.7 Å². The Morgan fingerprint density at radius 3 is 2.86 bits per heavy atom. The molecule has 3 nitrogen and oxygen atoms in total. The van der Waals surface area contributed by atoms with Crippen molar-refractivity contribution in [3.8, 4) is 0 Å². The Hall–Kier alpha value is -0.570. The number of carbonyl (C=O) groups is 1. The highest BCUT2D eigenvalue weighted by Crippen LogP contribution is 2.29. The first kappa shape index (κ1) is 9.97. The Labute approximate surface area is 85.2 Å². The average Bonchev–Trinajstić information content (AvgIpc) is 2.18. The van der Waals surface area contributed by atoms with E-state index in [1.165, 1.54) is 32.6 Å². The lowest BCUT2D eigenvalue weighted by molar-refractivity contribution is -0.710. The average molecular weight is 198 g/mol. The SMILES string of the molecule is CC(=O)O[C@H]1CC[NH2+][C@H]2CCCC[C@@H]21. The molecule has 0 unspecified atom stereocenters. The van der Waals surface area contributed by atoms with Crippen LogP contribution in [0.5, 0.6) is 0 Å². The summed E-state index contributed by atoms with van der Waals surface area (Å²) in [4.78, 5) is 11.0. The quantitative estimate of drug-likeness (QED) is 0.621. The first-order chi connectivity index (χ1) is 6.77. The minimum atomic E-state index is -0.110. The standard InChI is InChI=1S/C11H19NO2/c1-8(13)14-11-6-7-12-10-5-3-2-4-9(10)11/h9-12H,2-7H2,1H3/p+1/t9-,10-,11-/m0/s1. The van der Waals surface area contributed by atoms with E-state index in [1.54, 1.807) is 0 Å². The van der Waals surface area contributed by atoms with Crippen molar-refractivity contribution in [3.63, 3.8) is 0 Å². The van der Waals surface area contributed by atoms with Crippen molar-refractivity contribution in [2.45, 2.75) is 51.2 Å². The summed E-state index contributed by atoms with van der Waals surface area (Å²) < 4.78 is 5.40. The van der Waals surface area contributed by atoms with E-state index in [0.717, 1.165) is 19.0 Å². The third-order valence-corrected chi connectivity index (χ3v) is 3.59. The zero-order chi connectivity index (χ0) is 9.97. The van der Waals surface area contributed by atoms with Gasteiger partial charge in [0.2, 0.25) is 0 Å². The van der Waals surface area contributed by atoms with Crippen LogP contribution in [0.2, 0.25) is 0 Å². The van der Waals surface area contributed by atoms with Crippen molar-refractivity contribution in [2.24, 2.45) is 5.92 Å². The van der Waals surface area contributed by atoms with E-state index in [0.29, 0.717) is 5.92 Å². The molecular formula is C11H20NO2+. The van der Waals surface area contributed by atoms with E-state index in [-0.39, 0.29) is 12.1 Å². The maximum atomic E-state index is 11.0. The van der Waals surface area contributed by atoms with Crippen molar-refractivity contribution in [3.05, 3.63) is 0 Å². The van der Waals surface area contributed by atoms with E-state index in [9.17, 15) is 4.79 Å². The fourth-order valence-corrected chi connectivity index (χ4v) is 2.99. The van der Waals surface area contributed by atoms with Gasteiger partial charge in [-0.15, -0.1) is 0 Å². The molecule has 0 aromatic carbocycles. The highest BCUT2D eigenvalue weighted by molar-refractivity contribution is 5.66. The van der Waals surface area contributed by atoms with E-state index in [1.807, 2.05) is 0 Å². The molecule has 2 aliphatic rings. The van der Waals surface area contributed by atoms with Crippen LogP contribution in [0, 0.1) is 5.92 Å². The minimum Gasteiger partial charge on any atom is -0.462 e. The van der Waals surface area contributed by atoms with Crippen LogP contribution in [-0.2, 0) is 9.53 Å². The molecule has 0 radical (unpaired) electrons. The number of piperidine rings is 1. The monoisotopic (exact) mass is 198 g/mol. The highest BCUT2D eigenvalue weighted by Gasteiger charge is 2.39. The summed E-state index contributed by atoms with van der Waals surface area (Å²) >= 11 is 0. The third-order valence-electron chi connectivity index (χ3n) is 3.59. The van der Waals surface area contributed by atoms with Gasteiger partial charge in [-0.2, -0.15) is 0 Å². The zero-order valence-corrected chi connectivity index (χ0v) is 8.87. The van der Waals surface area contributed by atoms with Crippen molar-refractivity contribution in [1.82, 2.24) is 0 Å². The molecule has 3 atom stereocenters. The van der Waals surface area contributed by atoms with E-state index < -0.39 is 0 Å². The number of hydrogen-bond donors (Lipinski definition) is 1. The molecule has 3 heteroatoms. The topological polar surface area (TPSA) is 42.9 Å². The van der Waals surface area contributed by atoms with Gasteiger partial charge in [-0.05, 0) is 19.3 Å². The fourth-order valence-electron chi connectivity index (χ4n) is 2.99. The van der Waals surface area contributed by atoms with Gasteiger partial charge in [0.1, 0.15) is 6.10 Å². The van der Waals surface area contributed by atoms with Crippen LogP contribution in [0.3, 0.4) is 0 Å². The predicted octanol–water partition coefficient (Wildman–Crippen LogP) is 0.444. The summed E-state index contributed by atoms with van der Waals surface area (Å²) in [7, 11) is 0. The van der Waals surface area contributed by atoms with Gasteiger partial charge in [0.15, 0.2) is 0 Å². The van der Waals surface area contributed by atoms with Crippen molar-refractivity contribution in [1.29, 1.82) is 0 Å². The molecule has 1 saturated carbocycles. The zero-order valence-electron chi connectivity index (χ0n) is 8.87. The highest BCUT2D eigenvalue weighted by atomic mass is 16.5. The summed E-state index contributed by atoms with van der Waals surface area (Å²) in [5.41, 5.74) is 0. The van der Waals surface area contributed by atoms with Crippen molar-refractivity contribution >= 4 is 5.97 Å². The van der Waals surface area contributed by atoms with Crippen LogP contribution in [0.15, 0.2) is 0 Å². The molecule has 0 aromatic rings. The second kappa shape index (κ2) is 4.30. The van der Waals surface area contributed by atoms with Gasteiger partial charge in [0, 0.05) is 19.3 Å². The largest absolute Gasteiger partial charge is 0.462 e. The summed E-state index contributed by atoms with van der Waals surface area (Å²) in [6, 6.07) is 0.724. The molecule has 0 aromatic heterocycles. The molecule has 1 aliphatic heterocycles. The number of esters is 1. The Morgan fingerprint density at radius 1 is 1.29 bits per heavy atom. The molecule has 0 spiro atoms. The molecular weight excluding hydrogens is 178 g/mol. The molecule has 2 N–H and O–H groups in total. The molecule has 1 saturated heterocycles. The lowest BCUT2D eigenvalue weighted by Crippen LogP contribution is -2.94. The first-order valence-corrected chi connectivity index (χ1v) is 5.78. The van der Waals surface area contributed by atoms with Gasteiger partial charge in [-0.25, -0.2) is 0 Å². The maximum Gasteiger partial charge on any atom is 0.302 e. The summed E-state index contributed by atoms with van der Waals surface area (Å²) in [5.74, 6) is 0.516. The van der Waals surface area contributed by atoms with Crippen molar-refractivity contribution in [2.75, 3.05) is 6.54 Å². The Bertz CT molecular complexity index is 215. The van der Waals surface area contributed by atoms with E-state index >= 15 is 0 Å². The minimum absolute atomic E-state index is 0.110. The van der Waals surface area contributed by atoms with Crippen LogP contribution < -0.4 is 5.32 Å². The molecule has 2 fully saturated rings. The number of rotatable bonds is 1. The number of carbonyl (C=O) groups excluding carboxylic acids is 1. The van der Waals surface area contributed by atoms with Crippen molar-refractivity contribution < 1.29 is 14.8 Å². The molecule has 14 heavy (non-hydrogen) atoms. The van der Waals surface area contributed by atoms with E-state index in [4.69, 9.17) is 4.74 Å². The Balaban J connectivity index is 1.97. The molecule has 0 bridgehead atoms. The summed E-state index contributed by atoms with van der Waals surface area (Å²) in [6.07, 6.45) is 6.47. The number of quaternary nitrogens is 1. The number of nitrogens with two attached hydrogens (primary N) is 1. The van der Waals surface area contributed by atoms with Gasteiger partial charge < -0.3 is 10.1 Å².